The van der Waals surface area contributed by atoms with Crippen LogP contribution in [0.1, 0.15) is 48.8 Å². The molecule has 0 unspecified atom stereocenters. The number of anilines is 2. The molecule has 0 heterocycles. The number of alkyl carbamates (subject to hydrolysis) is 1. The Balaban J connectivity index is 1.48. The number of hydrogen-bond acceptors (Lipinski definition) is 6. The second-order valence-electron chi connectivity index (χ2n) is 12.1. The molecular formula is C39H43Br2N5O5. The topological polar surface area (TPSA) is 157 Å². The van der Waals surface area contributed by atoms with Crippen molar-refractivity contribution in [3.63, 3.8) is 0 Å². The fourth-order valence-corrected chi connectivity index (χ4v) is 6.88. The van der Waals surface area contributed by atoms with Crippen LogP contribution in [0.2, 0.25) is 0 Å². The normalized spacial score (nSPS) is 12.0. The SMILES string of the molecule is NC(=O)[C@H](CCCCNC(=O)OCc1ccccc1)N(C(=O)[C@@H](Cc1cc(Br)c(N)c(Br)c1)NC(=O)CCCc1ccccc1)c1ccccc1. The average molecular weight is 822 g/mol. The number of rotatable bonds is 18. The standard InChI is InChI=1S/C39H43Br2N5O5/c40-31-23-29(24-32(41)36(31)42)25-33(45-35(47)21-12-17-27-13-4-1-5-14-27)38(49)46(30-18-8-3-9-19-30)34(37(43)48)20-10-11-22-44-39(50)51-26-28-15-6-2-7-16-28/h1-9,13-16,18-19,23-24,33-34H,10-12,17,20-22,25-26,42H2,(H2,43,48)(H,44,50)(H,45,47)/t33-,34+/m1/s1. The predicted molar refractivity (Wildman–Crippen MR) is 207 cm³/mol. The highest BCUT2D eigenvalue weighted by Crippen LogP contribution is 2.31. The van der Waals surface area contributed by atoms with Crippen LogP contribution in [0.5, 0.6) is 0 Å². The van der Waals surface area contributed by atoms with Crippen LogP contribution in [-0.4, -0.2) is 42.4 Å². The summed E-state index contributed by atoms with van der Waals surface area (Å²) < 4.78 is 6.55. The smallest absolute Gasteiger partial charge is 0.407 e. The van der Waals surface area contributed by atoms with Crippen molar-refractivity contribution < 1.29 is 23.9 Å². The van der Waals surface area contributed by atoms with E-state index in [1.54, 1.807) is 36.4 Å². The maximum atomic E-state index is 14.6. The number of carbonyl (C=O) groups is 4. The summed E-state index contributed by atoms with van der Waals surface area (Å²) in [6, 6.07) is 29.6. The lowest BCUT2D eigenvalue weighted by Crippen LogP contribution is -2.56. The van der Waals surface area contributed by atoms with Crippen molar-refractivity contribution in [2.75, 3.05) is 17.2 Å². The number of carbonyl (C=O) groups excluding carboxylic acids is 4. The van der Waals surface area contributed by atoms with Crippen molar-refractivity contribution in [1.29, 1.82) is 0 Å². The second kappa shape index (κ2) is 20.2. The summed E-state index contributed by atoms with van der Waals surface area (Å²) in [6.07, 6.45) is 2.31. The molecule has 4 aromatic carbocycles. The molecule has 51 heavy (non-hydrogen) atoms. The van der Waals surface area contributed by atoms with Crippen LogP contribution >= 0.6 is 31.9 Å². The van der Waals surface area contributed by atoms with Gasteiger partial charge in [0.1, 0.15) is 18.7 Å². The molecule has 2 atom stereocenters. The highest BCUT2D eigenvalue weighted by atomic mass is 79.9. The molecule has 0 aliphatic heterocycles. The zero-order valence-electron chi connectivity index (χ0n) is 28.2. The zero-order chi connectivity index (χ0) is 36.6. The molecule has 12 heteroatoms. The molecule has 268 valence electrons. The van der Waals surface area contributed by atoms with E-state index < -0.39 is 30.0 Å². The van der Waals surface area contributed by atoms with Gasteiger partial charge < -0.3 is 26.8 Å². The summed E-state index contributed by atoms with van der Waals surface area (Å²) in [5, 5.41) is 5.68. The molecule has 4 amide bonds. The fourth-order valence-electron chi connectivity index (χ4n) is 5.60. The summed E-state index contributed by atoms with van der Waals surface area (Å²) in [4.78, 5) is 54.6. The number of nitrogen functional groups attached to an aromatic ring is 1. The van der Waals surface area contributed by atoms with E-state index in [1.165, 1.54) is 4.90 Å². The first-order chi connectivity index (χ1) is 24.6. The third kappa shape index (κ3) is 12.6. The number of amides is 4. The third-order valence-corrected chi connectivity index (χ3v) is 9.53. The van der Waals surface area contributed by atoms with Crippen molar-refractivity contribution in [3.8, 4) is 0 Å². The highest BCUT2D eigenvalue weighted by molar-refractivity contribution is 9.11. The minimum Gasteiger partial charge on any atom is -0.445 e. The van der Waals surface area contributed by atoms with E-state index in [2.05, 4.69) is 42.5 Å². The number of ether oxygens (including phenoxy) is 1. The number of nitrogens with one attached hydrogen (secondary N) is 2. The van der Waals surface area contributed by atoms with Gasteiger partial charge in [-0.15, -0.1) is 0 Å². The molecule has 0 aliphatic rings. The zero-order valence-corrected chi connectivity index (χ0v) is 31.4. The van der Waals surface area contributed by atoms with E-state index in [-0.39, 0.29) is 31.8 Å². The highest BCUT2D eigenvalue weighted by Gasteiger charge is 2.35. The van der Waals surface area contributed by atoms with E-state index >= 15 is 0 Å². The van der Waals surface area contributed by atoms with Crippen LogP contribution in [0.25, 0.3) is 0 Å². The lowest BCUT2D eigenvalue weighted by atomic mass is 10.00. The van der Waals surface area contributed by atoms with Crippen molar-refractivity contribution in [2.24, 2.45) is 5.73 Å². The number of hydrogen-bond donors (Lipinski definition) is 4. The molecule has 10 nitrogen and oxygen atoms in total. The van der Waals surface area contributed by atoms with Gasteiger partial charge in [-0.25, -0.2) is 4.79 Å². The van der Waals surface area contributed by atoms with Crippen molar-refractivity contribution in [2.45, 2.75) is 63.6 Å². The Morgan fingerprint density at radius 2 is 1.35 bits per heavy atom. The summed E-state index contributed by atoms with van der Waals surface area (Å²) in [5.41, 5.74) is 15.8. The first-order valence-corrected chi connectivity index (χ1v) is 18.4. The fraction of sp³-hybridized carbons (Fsp3) is 0.282. The van der Waals surface area contributed by atoms with Crippen LogP contribution in [0, 0.1) is 0 Å². The molecule has 4 aromatic rings. The van der Waals surface area contributed by atoms with Gasteiger partial charge in [-0.05, 0) is 105 Å². The average Bonchev–Trinajstić information content (AvgIpc) is 3.13. The molecule has 0 spiro atoms. The van der Waals surface area contributed by atoms with Gasteiger partial charge >= 0.3 is 6.09 Å². The van der Waals surface area contributed by atoms with Gasteiger partial charge in [0.25, 0.3) is 5.91 Å². The number of nitrogens with two attached hydrogens (primary N) is 2. The number of para-hydroxylation sites is 1. The molecule has 6 N–H and O–H groups in total. The molecule has 4 rings (SSSR count). The van der Waals surface area contributed by atoms with Gasteiger partial charge in [0.15, 0.2) is 0 Å². The van der Waals surface area contributed by atoms with E-state index in [9.17, 15) is 19.2 Å². The molecule has 0 saturated heterocycles. The number of aryl methyl sites for hydroxylation is 1. The maximum Gasteiger partial charge on any atom is 0.407 e. The summed E-state index contributed by atoms with van der Waals surface area (Å²) in [7, 11) is 0. The minimum absolute atomic E-state index is 0.130. The quantitative estimate of drug-likeness (QED) is 0.0637. The molecule has 0 aliphatic carbocycles. The van der Waals surface area contributed by atoms with E-state index in [1.807, 2.05) is 66.7 Å². The summed E-state index contributed by atoms with van der Waals surface area (Å²) >= 11 is 6.95. The van der Waals surface area contributed by atoms with Crippen LogP contribution in [0.3, 0.4) is 0 Å². The Hall–Kier alpha value is -4.68. The third-order valence-electron chi connectivity index (χ3n) is 8.22. The lowest BCUT2D eigenvalue weighted by molar-refractivity contribution is -0.129. The largest absolute Gasteiger partial charge is 0.445 e. The van der Waals surface area contributed by atoms with Gasteiger partial charge in [0, 0.05) is 34.0 Å². The van der Waals surface area contributed by atoms with Crippen molar-refractivity contribution >= 4 is 67.0 Å². The van der Waals surface area contributed by atoms with Gasteiger partial charge in [0.05, 0.1) is 5.69 Å². The van der Waals surface area contributed by atoms with Gasteiger partial charge in [-0.1, -0.05) is 78.9 Å². The van der Waals surface area contributed by atoms with Crippen LogP contribution < -0.4 is 27.0 Å². The van der Waals surface area contributed by atoms with Gasteiger partial charge in [-0.2, -0.15) is 0 Å². The Labute approximate surface area is 315 Å². The summed E-state index contributed by atoms with van der Waals surface area (Å²) in [6.45, 7) is 0.459. The number of unbranched alkanes of at least 4 members (excludes halogenated alkanes) is 1. The number of nitrogens with zero attached hydrogens (tertiary/aromatic N) is 1. The molecule has 0 fully saturated rings. The molecule has 0 bridgehead atoms. The number of primary amides is 1. The molecule has 0 saturated carbocycles. The lowest BCUT2D eigenvalue weighted by Gasteiger charge is -2.33. The Kier molecular flexibility index (Phi) is 15.5. The Bertz CT molecular complexity index is 1720. The Morgan fingerprint density at radius 1 is 0.765 bits per heavy atom. The van der Waals surface area contributed by atoms with Crippen LogP contribution in [0.15, 0.2) is 112 Å². The number of halogens is 2. The molecular weight excluding hydrogens is 778 g/mol. The predicted octanol–water partition coefficient (Wildman–Crippen LogP) is 6.83. The van der Waals surface area contributed by atoms with Gasteiger partial charge in [-0.3, -0.25) is 19.3 Å². The first kappa shape index (κ1) is 39.1. The van der Waals surface area contributed by atoms with Crippen LogP contribution in [-0.2, 0) is 38.6 Å². The van der Waals surface area contributed by atoms with Crippen molar-refractivity contribution in [3.05, 3.63) is 129 Å². The van der Waals surface area contributed by atoms with Crippen LogP contribution in [0.4, 0.5) is 16.2 Å². The van der Waals surface area contributed by atoms with Crippen molar-refractivity contribution in [1.82, 2.24) is 10.6 Å². The second-order valence-corrected chi connectivity index (χ2v) is 13.8. The molecule has 0 aromatic heterocycles. The minimum atomic E-state index is -1.03. The van der Waals surface area contributed by atoms with Gasteiger partial charge in [0.2, 0.25) is 11.8 Å². The number of benzene rings is 4. The molecule has 0 radical (unpaired) electrons. The first-order valence-electron chi connectivity index (χ1n) is 16.8. The summed E-state index contributed by atoms with van der Waals surface area (Å²) in [5.74, 6) is -1.45. The van der Waals surface area contributed by atoms with E-state index in [4.69, 9.17) is 16.2 Å². The maximum absolute atomic E-state index is 14.6. The monoisotopic (exact) mass is 819 g/mol. The Morgan fingerprint density at radius 3 is 1.96 bits per heavy atom. The van der Waals surface area contributed by atoms with E-state index in [0.29, 0.717) is 52.5 Å². The van der Waals surface area contributed by atoms with E-state index in [0.717, 1.165) is 16.7 Å².